The quantitative estimate of drug-likeness (QED) is 0.894. The monoisotopic (exact) mass is 341 g/mol. The van der Waals surface area contributed by atoms with Gasteiger partial charge in [0.05, 0.1) is 19.3 Å². The normalized spacial score (nSPS) is 18.1. The molecule has 7 heteroatoms. The van der Waals surface area contributed by atoms with Crippen LogP contribution < -0.4 is 10.6 Å². The summed E-state index contributed by atoms with van der Waals surface area (Å²) in [6.07, 6.45) is 6.57. The van der Waals surface area contributed by atoms with E-state index in [0.29, 0.717) is 19.3 Å². The van der Waals surface area contributed by atoms with E-state index >= 15 is 0 Å². The molecule has 4 rings (SSSR count). The molecule has 1 aliphatic carbocycles. The number of fused-ring (bicyclic) bond motifs is 1. The molecular weight excluding hydrogens is 318 g/mol. The van der Waals surface area contributed by atoms with Gasteiger partial charge in [-0.3, -0.25) is 0 Å². The fourth-order valence-corrected chi connectivity index (χ4v) is 3.70. The van der Waals surface area contributed by atoms with Crippen molar-refractivity contribution in [1.29, 1.82) is 0 Å². The highest BCUT2D eigenvalue weighted by molar-refractivity contribution is 5.89. The minimum Gasteiger partial charge on any atom is -0.372 e. The maximum absolute atomic E-state index is 12.3. The summed E-state index contributed by atoms with van der Waals surface area (Å²) >= 11 is 0. The molecule has 2 N–H and O–H groups in total. The summed E-state index contributed by atoms with van der Waals surface area (Å²) in [5.74, 6) is 0.810. The van der Waals surface area contributed by atoms with Crippen LogP contribution in [-0.4, -0.2) is 20.8 Å². The molecule has 2 aromatic rings. The molecule has 2 aliphatic rings. The van der Waals surface area contributed by atoms with Crippen LogP contribution in [-0.2, 0) is 18.0 Å². The third-order valence-corrected chi connectivity index (χ3v) is 5.03. The van der Waals surface area contributed by atoms with E-state index in [0.717, 1.165) is 29.9 Å². The van der Waals surface area contributed by atoms with Crippen molar-refractivity contribution in [3.63, 3.8) is 0 Å². The van der Waals surface area contributed by atoms with Crippen LogP contribution in [0.25, 0.3) is 0 Å². The number of urea groups is 1. The van der Waals surface area contributed by atoms with Crippen LogP contribution in [0, 0.1) is 0 Å². The molecule has 1 aliphatic heterocycles. The number of amides is 2. The maximum atomic E-state index is 12.3. The van der Waals surface area contributed by atoms with Crippen molar-refractivity contribution < 1.29 is 9.53 Å². The third-order valence-electron chi connectivity index (χ3n) is 5.03. The van der Waals surface area contributed by atoms with Gasteiger partial charge in [-0.2, -0.15) is 0 Å². The Kier molecular flexibility index (Phi) is 4.40. The number of aromatic nitrogens is 3. The summed E-state index contributed by atoms with van der Waals surface area (Å²) < 4.78 is 7.52. The van der Waals surface area contributed by atoms with E-state index in [1.165, 1.54) is 18.4 Å². The molecule has 7 nitrogen and oxygen atoms in total. The Bertz CT molecular complexity index is 767. The van der Waals surface area contributed by atoms with E-state index in [2.05, 4.69) is 25.4 Å². The van der Waals surface area contributed by atoms with Crippen molar-refractivity contribution in [2.24, 2.45) is 0 Å². The first-order valence-electron chi connectivity index (χ1n) is 8.87. The van der Waals surface area contributed by atoms with Crippen LogP contribution in [0.2, 0.25) is 0 Å². The van der Waals surface area contributed by atoms with Crippen molar-refractivity contribution in [2.45, 2.75) is 57.9 Å². The average Bonchev–Trinajstić information content (AvgIpc) is 3.34. The second-order valence-corrected chi connectivity index (χ2v) is 6.83. The van der Waals surface area contributed by atoms with Gasteiger partial charge in [-0.05, 0) is 43.0 Å². The summed E-state index contributed by atoms with van der Waals surface area (Å²) in [6.45, 7) is 3.19. The first kappa shape index (κ1) is 16.1. The van der Waals surface area contributed by atoms with Crippen LogP contribution in [0.5, 0.6) is 0 Å². The van der Waals surface area contributed by atoms with Gasteiger partial charge in [-0.15, -0.1) is 10.2 Å². The first-order chi connectivity index (χ1) is 12.2. The molecule has 132 valence electrons. The molecule has 0 spiro atoms. The summed E-state index contributed by atoms with van der Waals surface area (Å²) in [6, 6.07) is 5.87. The Morgan fingerprint density at radius 1 is 1.28 bits per heavy atom. The number of carbonyl (C=O) groups excluding carboxylic acids is 1. The molecule has 0 unspecified atom stereocenters. The Hall–Kier alpha value is -2.41. The van der Waals surface area contributed by atoms with Gasteiger partial charge in [0.1, 0.15) is 6.33 Å². The van der Waals surface area contributed by atoms with Crippen LogP contribution in [0.4, 0.5) is 10.5 Å². The highest BCUT2D eigenvalue weighted by atomic mass is 16.5. The molecule has 1 saturated carbocycles. The standard InChI is InChI=1S/C18H23N5O2/c1-12(17-22-19-11-23(17)16-4-2-3-5-16)20-18(24)21-15-7-6-13-9-25-10-14(13)8-15/h6-8,11-12,16H,2-5,9-10H2,1H3,(H2,20,21,24)/t12-/m0/s1. The lowest BCUT2D eigenvalue weighted by molar-refractivity contribution is 0.134. The average molecular weight is 341 g/mol. The molecule has 0 radical (unpaired) electrons. The van der Waals surface area contributed by atoms with Crippen molar-refractivity contribution >= 4 is 11.7 Å². The zero-order chi connectivity index (χ0) is 17.2. The smallest absolute Gasteiger partial charge is 0.319 e. The predicted octanol–water partition coefficient (Wildman–Crippen LogP) is 3.31. The number of nitrogens with one attached hydrogen (secondary N) is 2. The second kappa shape index (κ2) is 6.84. The Labute approximate surface area is 146 Å². The van der Waals surface area contributed by atoms with Gasteiger partial charge in [0, 0.05) is 11.7 Å². The topological polar surface area (TPSA) is 81.1 Å². The van der Waals surface area contributed by atoms with Crippen molar-refractivity contribution in [3.8, 4) is 0 Å². The van der Waals surface area contributed by atoms with Gasteiger partial charge >= 0.3 is 6.03 Å². The molecule has 1 atom stereocenters. The Morgan fingerprint density at radius 3 is 2.92 bits per heavy atom. The molecule has 0 bridgehead atoms. The van der Waals surface area contributed by atoms with Gasteiger partial charge in [-0.25, -0.2) is 4.79 Å². The van der Waals surface area contributed by atoms with E-state index in [1.807, 2.05) is 25.1 Å². The molecular formula is C18H23N5O2. The number of benzene rings is 1. The van der Waals surface area contributed by atoms with Crippen molar-refractivity contribution in [3.05, 3.63) is 41.5 Å². The van der Waals surface area contributed by atoms with E-state index in [4.69, 9.17) is 4.74 Å². The van der Waals surface area contributed by atoms with Gasteiger partial charge in [0.15, 0.2) is 5.82 Å². The lowest BCUT2D eigenvalue weighted by Gasteiger charge is -2.19. The Balaban J connectivity index is 1.40. The maximum Gasteiger partial charge on any atom is 0.319 e. The number of rotatable bonds is 4. The number of hydrogen-bond acceptors (Lipinski definition) is 4. The van der Waals surface area contributed by atoms with Crippen LogP contribution in [0.15, 0.2) is 24.5 Å². The van der Waals surface area contributed by atoms with Crippen LogP contribution in [0.3, 0.4) is 0 Å². The van der Waals surface area contributed by atoms with Crippen LogP contribution in [0.1, 0.15) is 61.6 Å². The predicted molar refractivity (Wildman–Crippen MR) is 93.0 cm³/mol. The number of ether oxygens (including phenoxy) is 1. The van der Waals surface area contributed by atoms with E-state index in [-0.39, 0.29) is 12.1 Å². The van der Waals surface area contributed by atoms with E-state index < -0.39 is 0 Å². The highest BCUT2D eigenvalue weighted by Crippen LogP contribution is 2.31. The molecule has 1 aromatic heterocycles. The molecule has 1 fully saturated rings. The Morgan fingerprint density at radius 2 is 2.08 bits per heavy atom. The largest absolute Gasteiger partial charge is 0.372 e. The zero-order valence-electron chi connectivity index (χ0n) is 14.4. The molecule has 1 aromatic carbocycles. The van der Waals surface area contributed by atoms with Gasteiger partial charge in [-0.1, -0.05) is 18.9 Å². The van der Waals surface area contributed by atoms with Crippen LogP contribution >= 0.6 is 0 Å². The molecule has 2 heterocycles. The van der Waals surface area contributed by atoms with E-state index in [1.54, 1.807) is 6.33 Å². The lowest BCUT2D eigenvalue weighted by atomic mass is 10.1. The number of nitrogens with zero attached hydrogens (tertiary/aromatic N) is 3. The van der Waals surface area contributed by atoms with Crippen molar-refractivity contribution in [2.75, 3.05) is 5.32 Å². The summed E-state index contributed by atoms with van der Waals surface area (Å²) in [7, 11) is 0. The summed E-state index contributed by atoms with van der Waals surface area (Å²) in [4.78, 5) is 12.3. The zero-order valence-corrected chi connectivity index (χ0v) is 14.4. The number of hydrogen-bond donors (Lipinski definition) is 2. The molecule has 25 heavy (non-hydrogen) atoms. The lowest BCUT2D eigenvalue weighted by Crippen LogP contribution is -2.33. The van der Waals surface area contributed by atoms with E-state index in [9.17, 15) is 4.79 Å². The number of carbonyl (C=O) groups is 1. The van der Waals surface area contributed by atoms with Crippen molar-refractivity contribution in [1.82, 2.24) is 20.1 Å². The third kappa shape index (κ3) is 3.37. The second-order valence-electron chi connectivity index (χ2n) is 6.83. The minimum absolute atomic E-state index is 0.208. The first-order valence-corrected chi connectivity index (χ1v) is 8.87. The number of anilines is 1. The van der Waals surface area contributed by atoms with Gasteiger partial charge < -0.3 is 19.9 Å². The molecule has 2 amide bonds. The summed E-state index contributed by atoms with van der Waals surface area (Å²) in [5, 5.41) is 14.1. The minimum atomic E-state index is -0.243. The fourth-order valence-electron chi connectivity index (χ4n) is 3.70. The SMILES string of the molecule is C[C@H](NC(=O)Nc1ccc2c(c1)COC2)c1nncn1C1CCCC1. The van der Waals surface area contributed by atoms with Gasteiger partial charge in [0.25, 0.3) is 0 Å². The molecule has 0 saturated heterocycles. The van der Waals surface area contributed by atoms with Gasteiger partial charge in [0.2, 0.25) is 0 Å². The summed E-state index contributed by atoms with van der Waals surface area (Å²) in [5.41, 5.74) is 3.09. The highest BCUT2D eigenvalue weighted by Gasteiger charge is 2.23. The fraction of sp³-hybridized carbons (Fsp3) is 0.500.